The molecule has 2 rings (SSSR count). The van der Waals surface area contributed by atoms with Crippen molar-refractivity contribution in [1.82, 2.24) is 0 Å². The molecule has 1 amide bonds. The van der Waals surface area contributed by atoms with Crippen molar-refractivity contribution in [2.75, 3.05) is 5.32 Å². The van der Waals surface area contributed by atoms with Gasteiger partial charge in [0.2, 0.25) is 0 Å². The van der Waals surface area contributed by atoms with Crippen LogP contribution in [0.1, 0.15) is 26.3 Å². The highest BCUT2D eigenvalue weighted by atomic mass is 32.2. The van der Waals surface area contributed by atoms with Crippen LogP contribution in [0.15, 0.2) is 36.4 Å². The summed E-state index contributed by atoms with van der Waals surface area (Å²) in [4.78, 5) is 11.9. The summed E-state index contributed by atoms with van der Waals surface area (Å²) in [6.45, 7) is 5.29. The molecule has 6 nitrogen and oxygen atoms in total. The summed E-state index contributed by atoms with van der Waals surface area (Å²) < 4.78 is 36.2. The maximum atomic E-state index is 11.9. The molecule has 0 aliphatic carbocycles. The van der Waals surface area contributed by atoms with Gasteiger partial charge in [0.1, 0.15) is 11.4 Å². The number of rotatable bonds is 3. The van der Waals surface area contributed by atoms with Gasteiger partial charge in [-0.3, -0.25) is 9.87 Å². The molecule has 124 valence electrons. The summed E-state index contributed by atoms with van der Waals surface area (Å²) in [6.07, 6.45) is -0.592. The number of hydrogen-bond acceptors (Lipinski definition) is 4. The number of ether oxygens (including phenoxy) is 1. The van der Waals surface area contributed by atoms with E-state index in [0.29, 0.717) is 16.6 Å². The predicted octanol–water partition coefficient (Wildman–Crippen LogP) is 3.57. The fraction of sp³-hybridized carbons (Fsp3) is 0.312. The van der Waals surface area contributed by atoms with E-state index >= 15 is 0 Å². The van der Waals surface area contributed by atoms with Gasteiger partial charge in [0.05, 0.1) is 5.69 Å². The van der Waals surface area contributed by atoms with Crippen LogP contribution in [0.4, 0.5) is 10.5 Å². The van der Waals surface area contributed by atoms with Gasteiger partial charge >= 0.3 is 6.09 Å². The smallest absolute Gasteiger partial charge is 0.412 e. The first kappa shape index (κ1) is 17.2. The summed E-state index contributed by atoms with van der Waals surface area (Å²) in [5.74, 6) is -0.482. The Bertz CT molecular complexity index is 837. The van der Waals surface area contributed by atoms with Gasteiger partial charge in [-0.1, -0.05) is 24.3 Å². The number of fused-ring (bicyclic) bond motifs is 1. The van der Waals surface area contributed by atoms with Gasteiger partial charge in [0.15, 0.2) is 0 Å². The Kier molecular flexibility index (Phi) is 4.63. The molecule has 7 heteroatoms. The zero-order valence-corrected chi connectivity index (χ0v) is 14.0. The largest absolute Gasteiger partial charge is 0.444 e. The van der Waals surface area contributed by atoms with Crippen LogP contribution in [-0.4, -0.2) is 24.7 Å². The molecule has 2 N–H and O–H groups in total. The van der Waals surface area contributed by atoms with E-state index in [2.05, 4.69) is 5.32 Å². The number of anilines is 1. The van der Waals surface area contributed by atoms with Crippen LogP contribution in [0.5, 0.6) is 0 Å². The van der Waals surface area contributed by atoms with Gasteiger partial charge in [-0.2, -0.15) is 8.42 Å². The van der Waals surface area contributed by atoms with Crippen LogP contribution >= 0.6 is 0 Å². The number of carbonyl (C=O) groups is 1. The molecule has 0 aromatic heterocycles. The Morgan fingerprint density at radius 1 is 1.22 bits per heavy atom. The average molecular weight is 337 g/mol. The number of amides is 1. The second-order valence-corrected chi connectivity index (χ2v) is 7.67. The van der Waals surface area contributed by atoms with Crippen LogP contribution < -0.4 is 5.32 Å². The average Bonchev–Trinajstić information content (AvgIpc) is 2.35. The molecule has 0 aliphatic rings. The van der Waals surface area contributed by atoms with Gasteiger partial charge < -0.3 is 4.74 Å². The van der Waals surface area contributed by atoms with Gasteiger partial charge in [0.25, 0.3) is 10.1 Å². The molecule has 0 atom stereocenters. The van der Waals surface area contributed by atoms with Gasteiger partial charge in [0, 0.05) is 5.39 Å². The van der Waals surface area contributed by atoms with E-state index in [1.54, 1.807) is 51.1 Å². The van der Waals surface area contributed by atoms with Crippen LogP contribution in [-0.2, 0) is 20.6 Å². The molecule has 0 spiro atoms. The fourth-order valence-electron chi connectivity index (χ4n) is 2.14. The summed E-state index contributed by atoms with van der Waals surface area (Å²) in [6, 6.07) is 10.3. The van der Waals surface area contributed by atoms with Gasteiger partial charge in [-0.15, -0.1) is 0 Å². The molecule has 23 heavy (non-hydrogen) atoms. The van der Waals surface area contributed by atoms with Crippen molar-refractivity contribution in [3.05, 3.63) is 42.0 Å². The van der Waals surface area contributed by atoms with E-state index in [4.69, 9.17) is 9.29 Å². The number of carbonyl (C=O) groups excluding carboxylic acids is 1. The van der Waals surface area contributed by atoms with E-state index in [1.807, 2.05) is 6.07 Å². The van der Waals surface area contributed by atoms with Crippen molar-refractivity contribution in [2.24, 2.45) is 0 Å². The van der Waals surface area contributed by atoms with Crippen LogP contribution in [0.25, 0.3) is 10.8 Å². The molecular formula is C16H19NO5S. The van der Waals surface area contributed by atoms with Crippen molar-refractivity contribution in [3.8, 4) is 0 Å². The summed E-state index contributed by atoms with van der Waals surface area (Å²) >= 11 is 0. The maximum Gasteiger partial charge on any atom is 0.412 e. The molecule has 0 saturated heterocycles. The monoisotopic (exact) mass is 337 g/mol. The lowest BCUT2D eigenvalue weighted by Gasteiger charge is -2.20. The Morgan fingerprint density at radius 2 is 1.91 bits per heavy atom. The Hall–Kier alpha value is -2.12. The third kappa shape index (κ3) is 5.22. The third-order valence-corrected chi connectivity index (χ3v) is 3.63. The van der Waals surface area contributed by atoms with Crippen molar-refractivity contribution in [2.45, 2.75) is 32.1 Å². The zero-order chi connectivity index (χ0) is 17.3. The van der Waals surface area contributed by atoms with Gasteiger partial charge in [-0.25, -0.2) is 4.79 Å². The molecule has 0 aliphatic heterocycles. The van der Waals surface area contributed by atoms with E-state index in [0.717, 1.165) is 5.39 Å². The summed E-state index contributed by atoms with van der Waals surface area (Å²) in [5.41, 5.74) is 0.317. The molecule has 0 bridgehead atoms. The quantitative estimate of drug-likeness (QED) is 0.835. The first-order valence-corrected chi connectivity index (χ1v) is 8.61. The topological polar surface area (TPSA) is 92.7 Å². The Morgan fingerprint density at radius 3 is 2.52 bits per heavy atom. The van der Waals surface area contributed by atoms with Gasteiger partial charge in [-0.05, 0) is 43.9 Å². The lowest BCUT2D eigenvalue weighted by Crippen LogP contribution is -2.27. The maximum absolute atomic E-state index is 11.9. The first-order chi connectivity index (χ1) is 10.5. The molecule has 0 heterocycles. The van der Waals surface area contributed by atoms with Crippen LogP contribution in [0.2, 0.25) is 0 Å². The lowest BCUT2D eigenvalue weighted by atomic mass is 10.1. The molecule has 0 radical (unpaired) electrons. The second-order valence-electron chi connectivity index (χ2n) is 6.21. The second kappa shape index (κ2) is 6.17. The van der Waals surface area contributed by atoms with Crippen molar-refractivity contribution in [1.29, 1.82) is 0 Å². The number of benzene rings is 2. The van der Waals surface area contributed by atoms with Crippen LogP contribution in [0.3, 0.4) is 0 Å². The molecule has 2 aromatic rings. The summed E-state index contributed by atoms with van der Waals surface area (Å²) in [5, 5.41) is 4.16. The minimum absolute atomic E-state index is 0.429. The predicted molar refractivity (Wildman–Crippen MR) is 89.1 cm³/mol. The number of nitrogens with one attached hydrogen (secondary N) is 1. The highest BCUT2D eigenvalue weighted by molar-refractivity contribution is 7.85. The van der Waals surface area contributed by atoms with E-state index in [1.165, 1.54) is 0 Å². The lowest BCUT2D eigenvalue weighted by molar-refractivity contribution is 0.0636. The van der Waals surface area contributed by atoms with Crippen molar-refractivity contribution >= 4 is 32.7 Å². The Balaban J connectivity index is 2.36. The fourth-order valence-corrected chi connectivity index (χ4v) is 2.74. The van der Waals surface area contributed by atoms with E-state index in [-0.39, 0.29) is 0 Å². The molecule has 2 aromatic carbocycles. The minimum atomic E-state index is -4.12. The van der Waals surface area contributed by atoms with Crippen LogP contribution in [0, 0.1) is 0 Å². The molecule has 0 saturated carbocycles. The number of hydrogen-bond donors (Lipinski definition) is 2. The normalized spacial score (nSPS) is 12.2. The van der Waals surface area contributed by atoms with E-state index in [9.17, 15) is 13.2 Å². The minimum Gasteiger partial charge on any atom is -0.444 e. The Labute approximate surface area is 135 Å². The zero-order valence-electron chi connectivity index (χ0n) is 13.2. The van der Waals surface area contributed by atoms with Crippen molar-refractivity contribution in [3.63, 3.8) is 0 Å². The van der Waals surface area contributed by atoms with E-state index < -0.39 is 27.6 Å². The molecule has 0 fully saturated rings. The SMILES string of the molecule is CC(C)(C)OC(=O)Nc1cccc2ccc(CS(=O)(=O)O)cc12. The highest BCUT2D eigenvalue weighted by Crippen LogP contribution is 2.26. The molecule has 0 unspecified atom stereocenters. The standard InChI is InChI=1S/C16H19NO5S/c1-16(2,3)22-15(18)17-14-6-4-5-12-8-7-11(9-13(12)14)10-23(19,20)21/h4-9H,10H2,1-3H3,(H,17,18)(H,19,20,21). The third-order valence-electron chi connectivity index (χ3n) is 2.93. The van der Waals surface area contributed by atoms with Crippen molar-refractivity contribution < 1.29 is 22.5 Å². The first-order valence-electron chi connectivity index (χ1n) is 7.00. The highest BCUT2D eigenvalue weighted by Gasteiger charge is 2.17. The summed E-state index contributed by atoms with van der Waals surface area (Å²) in [7, 11) is -4.12. The molecular weight excluding hydrogens is 318 g/mol.